The van der Waals surface area contributed by atoms with E-state index in [4.69, 9.17) is 4.74 Å². The summed E-state index contributed by atoms with van der Waals surface area (Å²) in [5, 5.41) is 9.60. The van der Waals surface area contributed by atoms with Gasteiger partial charge < -0.3 is 9.84 Å². The molecule has 1 aliphatic heterocycles. The summed E-state index contributed by atoms with van der Waals surface area (Å²) in [4.78, 5) is 14.0. The van der Waals surface area contributed by atoms with Crippen LogP contribution in [0.5, 0.6) is 5.75 Å². The summed E-state index contributed by atoms with van der Waals surface area (Å²) >= 11 is 3.71. The van der Waals surface area contributed by atoms with Gasteiger partial charge in [0.05, 0.1) is 12.0 Å². The second kappa shape index (κ2) is 10.1. The highest BCUT2D eigenvalue weighted by molar-refractivity contribution is 9.10. The highest BCUT2D eigenvalue weighted by Gasteiger charge is 2.32. The standard InChI is InChI=1S/C26H26BrNO3/c27-24-14-5-4-13-23(24)25(28-15-7-11-21(17-28)26(29)30)20-10-6-12-22(16-20)31-18-19-8-2-1-3-9-19/h1-6,8-10,12-14,16,21,25H,7,11,15,17-18H2,(H,29,30). The van der Waals surface area contributed by atoms with Gasteiger partial charge in [-0.05, 0) is 54.3 Å². The number of nitrogens with zero attached hydrogens (tertiary/aromatic N) is 1. The molecule has 1 saturated heterocycles. The monoisotopic (exact) mass is 479 g/mol. The van der Waals surface area contributed by atoms with Crippen molar-refractivity contribution in [3.05, 3.63) is 100 Å². The number of likely N-dealkylation sites (tertiary alicyclic amines) is 1. The van der Waals surface area contributed by atoms with Gasteiger partial charge in [0.15, 0.2) is 0 Å². The van der Waals surface area contributed by atoms with Crippen LogP contribution in [0.15, 0.2) is 83.3 Å². The Morgan fingerprint density at radius 1 is 1.06 bits per heavy atom. The van der Waals surface area contributed by atoms with Crippen molar-refractivity contribution in [3.8, 4) is 5.75 Å². The molecule has 0 saturated carbocycles. The lowest BCUT2D eigenvalue weighted by atomic mass is 9.91. The minimum absolute atomic E-state index is 0.0435. The molecule has 1 heterocycles. The molecule has 0 spiro atoms. The number of aliphatic carboxylic acids is 1. The van der Waals surface area contributed by atoms with E-state index < -0.39 is 5.97 Å². The molecule has 0 radical (unpaired) electrons. The first-order valence-corrected chi connectivity index (χ1v) is 11.4. The number of halogens is 1. The van der Waals surface area contributed by atoms with Crippen LogP contribution in [-0.2, 0) is 11.4 Å². The topological polar surface area (TPSA) is 49.8 Å². The summed E-state index contributed by atoms with van der Waals surface area (Å²) in [5.74, 6) is -0.239. The lowest BCUT2D eigenvalue weighted by molar-refractivity contribution is -0.143. The van der Waals surface area contributed by atoms with Crippen molar-refractivity contribution >= 4 is 21.9 Å². The Hall–Kier alpha value is -2.63. The third-order valence-electron chi connectivity index (χ3n) is 5.79. The first-order chi connectivity index (χ1) is 15.1. The molecule has 5 heteroatoms. The minimum Gasteiger partial charge on any atom is -0.489 e. The van der Waals surface area contributed by atoms with Crippen LogP contribution in [0.4, 0.5) is 0 Å². The zero-order chi connectivity index (χ0) is 21.6. The average molecular weight is 480 g/mol. The molecule has 0 amide bonds. The van der Waals surface area contributed by atoms with Gasteiger partial charge in [0.2, 0.25) is 0 Å². The Morgan fingerprint density at radius 3 is 2.61 bits per heavy atom. The molecule has 2 unspecified atom stereocenters. The third kappa shape index (κ3) is 5.35. The number of hydrogen-bond acceptors (Lipinski definition) is 3. The number of piperidine rings is 1. The zero-order valence-electron chi connectivity index (χ0n) is 17.3. The summed E-state index contributed by atoms with van der Waals surface area (Å²) in [5.41, 5.74) is 3.35. The van der Waals surface area contributed by atoms with Crippen molar-refractivity contribution in [2.24, 2.45) is 5.92 Å². The van der Waals surface area contributed by atoms with E-state index in [1.54, 1.807) is 0 Å². The van der Waals surface area contributed by atoms with Crippen LogP contribution in [-0.4, -0.2) is 29.1 Å². The largest absolute Gasteiger partial charge is 0.489 e. The van der Waals surface area contributed by atoms with Gasteiger partial charge in [-0.3, -0.25) is 9.69 Å². The number of ether oxygens (including phenoxy) is 1. The maximum Gasteiger partial charge on any atom is 0.307 e. The van der Waals surface area contributed by atoms with Crippen LogP contribution >= 0.6 is 15.9 Å². The van der Waals surface area contributed by atoms with Crippen LogP contribution in [0, 0.1) is 5.92 Å². The van der Waals surface area contributed by atoms with E-state index in [1.165, 1.54) is 0 Å². The van der Waals surface area contributed by atoms with Gasteiger partial charge in [0, 0.05) is 11.0 Å². The van der Waals surface area contributed by atoms with E-state index in [0.717, 1.165) is 46.3 Å². The fourth-order valence-corrected chi connectivity index (χ4v) is 4.74. The molecule has 4 rings (SSSR count). The van der Waals surface area contributed by atoms with Gasteiger partial charge in [-0.15, -0.1) is 0 Å². The van der Waals surface area contributed by atoms with Gasteiger partial charge in [-0.25, -0.2) is 0 Å². The molecular weight excluding hydrogens is 454 g/mol. The number of hydrogen-bond donors (Lipinski definition) is 1. The van der Waals surface area contributed by atoms with Gasteiger partial charge >= 0.3 is 5.97 Å². The molecular formula is C26H26BrNO3. The van der Waals surface area contributed by atoms with Crippen LogP contribution in [0.3, 0.4) is 0 Å². The summed E-state index contributed by atoms with van der Waals surface area (Å²) in [6, 6.07) is 26.4. The Bertz CT molecular complexity index is 1020. The zero-order valence-corrected chi connectivity index (χ0v) is 18.9. The van der Waals surface area contributed by atoms with Crippen molar-refractivity contribution in [1.29, 1.82) is 0 Å². The number of rotatable bonds is 7. The van der Waals surface area contributed by atoms with E-state index in [9.17, 15) is 9.90 Å². The Kier molecular flexibility index (Phi) is 7.05. The van der Waals surface area contributed by atoms with Gasteiger partial charge in [-0.1, -0.05) is 76.6 Å². The van der Waals surface area contributed by atoms with Crippen LogP contribution in [0.2, 0.25) is 0 Å². The van der Waals surface area contributed by atoms with Gasteiger partial charge in [0.25, 0.3) is 0 Å². The fraction of sp³-hybridized carbons (Fsp3) is 0.269. The molecule has 2 atom stereocenters. The van der Waals surface area contributed by atoms with Crippen molar-refractivity contribution < 1.29 is 14.6 Å². The first-order valence-electron chi connectivity index (χ1n) is 10.6. The lowest BCUT2D eigenvalue weighted by Crippen LogP contribution is -2.41. The van der Waals surface area contributed by atoms with Crippen LogP contribution in [0.1, 0.15) is 35.6 Å². The Balaban J connectivity index is 1.64. The second-order valence-corrected chi connectivity index (χ2v) is 8.80. The third-order valence-corrected chi connectivity index (χ3v) is 6.51. The second-order valence-electron chi connectivity index (χ2n) is 7.94. The molecule has 0 aromatic heterocycles. The highest BCUT2D eigenvalue weighted by Crippen LogP contribution is 2.37. The van der Waals surface area contributed by atoms with E-state index in [-0.39, 0.29) is 12.0 Å². The quantitative estimate of drug-likeness (QED) is 0.457. The molecule has 3 aromatic rings. The summed E-state index contributed by atoms with van der Waals surface area (Å²) < 4.78 is 7.09. The van der Waals surface area contributed by atoms with E-state index in [1.807, 2.05) is 60.7 Å². The molecule has 3 aromatic carbocycles. The smallest absolute Gasteiger partial charge is 0.307 e. The normalized spacial score (nSPS) is 17.8. The summed E-state index contributed by atoms with van der Waals surface area (Å²) in [6.07, 6.45) is 1.61. The van der Waals surface area contributed by atoms with Crippen molar-refractivity contribution in [3.63, 3.8) is 0 Å². The lowest BCUT2D eigenvalue weighted by Gasteiger charge is -2.38. The van der Waals surface area contributed by atoms with Crippen molar-refractivity contribution in [1.82, 2.24) is 4.90 Å². The average Bonchev–Trinajstić information content (AvgIpc) is 2.80. The number of benzene rings is 3. The summed E-state index contributed by atoms with van der Waals surface area (Å²) in [6.45, 7) is 1.91. The molecule has 0 bridgehead atoms. The van der Waals surface area contributed by atoms with Crippen LogP contribution in [0.25, 0.3) is 0 Å². The predicted octanol–water partition coefficient (Wildman–Crippen LogP) is 5.91. The molecule has 1 aliphatic rings. The molecule has 31 heavy (non-hydrogen) atoms. The maximum absolute atomic E-state index is 11.7. The molecule has 160 valence electrons. The number of carboxylic acids is 1. The van der Waals surface area contributed by atoms with Crippen molar-refractivity contribution in [2.45, 2.75) is 25.5 Å². The number of carbonyl (C=O) groups is 1. The molecule has 4 nitrogen and oxygen atoms in total. The molecule has 1 fully saturated rings. The van der Waals surface area contributed by atoms with E-state index >= 15 is 0 Å². The van der Waals surface area contributed by atoms with Gasteiger partial charge in [-0.2, -0.15) is 0 Å². The maximum atomic E-state index is 11.7. The van der Waals surface area contributed by atoms with E-state index in [0.29, 0.717) is 13.2 Å². The fourth-order valence-electron chi connectivity index (χ4n) is 4.24. The van der Waals surface area contributed by atoms with E-state index in [2.05, 4.69) is 39.0 Å². The Labute approximate surface area is 191 Å². The minimum atomic E-state index is -0.712. The molecule has 1 N–H and O–H groups in total. The van der Waals surface area contributed by atoms with Gasteiger partial charge in [0.1, 0.15) is 12.4 Å². The van der Waals surface area contributed by atoms with Crippen molar-refractivity contribution in [2.75, 3.05) is 13.1 Å². The molecule has 0 aliphatic carbocycles. The SMILES string of the molecule is O=C(O)C1CCCN(C(c2cccc(OCc3ccccc3)c2)c2ccccc2Br)C1. The van der Waals surface area contributed by atoms with Crippen LogP contribution < -0.4 is 4.74 Å². The summed E-state index contributed by atoms with van der Waals surface area (Å²) in [7, 11) is 0. The Morgan fingerprint density at radius 2 is 1.84 bits per heavy atom. The highest BCUT2D eigenvalue weighted by atomic mass is 79.9. The first kappa shape index (κ1) is 21.6. The predicted molar refractivity (Wildman–Crippen MR) is 125 cm³/mol. The number of carboxylic acid groups (broad SMARTS) is 1.